The zero-order chi connectivity index (χ0) is 34.9. The lowest BCUT2D eigenvalue weighted by molar-refractivity contribution is -0.142. The summed E-state index contributed by atoms with van der Waals surface area (Å²) in [5, 5.41) is 13.6. The van der Waals surface area contributed by atoms with Crippen LogP contribution in [0.3, 0.4) is 0 Å². The van der Waals surface area contributed by atoms with E-state index in [0.29, 0.717) is 31.5 Å². The SMILES string of the molecule is COC(=O)CCC(=O)NCCOCCOCCNC(=O)[C@H](Cc1ccccc1)NC(=O)[C@H](CC(C)C)NC(=O)[C@H](CCSC)NC=O. The van der Waals surface area contributed by atoms with Crippen LogP contribution in [0.4, 0.5) is 0 Å². The molecule has 0 radical (unpaired) electrons. The van der Waals surface area contributed by atoms with Gasteiger partial charge in [0.05, 0.1) is 40.0 Å². The van der Waals surface area contributed by atoms with Crippen LogP contribution in [0.1, 0.15) is 45.1 Å². The van der Waals surface area contributed by atoms with Crippen LogP contribution in [0.2, 0.25) is 0 Å². The van der Waals surface area contributed by atoms with E-state index < -0.39 is 41.8 Å². The Kier molecular flexibility index (Phi) is 22.3. The van der Waals surface area contributed by atoms with Gasteiger partial charge in [0.15, 0.2) is 0 Å². The third kappa shape index (κ3) is 19.5. The molecule has 0 fully saturated rings. The Hall–Kier alpha value is -3.69. The minimum atomic E-state index is -0.914. The Bertz CT molecular complexity index is 1090. The van der Waals surface area contributed by atoms with E-state index in [9.17, 15) is 28.8 Å². The molecule has 0 aliphatic carbocycles. The molecular formula is C32H51N5O9S. The lowest BCUT2D eigenvalue weighted by Gasteiger charge is -2.26. The molecule has 14 nitrogen and oxygen atoms in total. The molecule has 0 saturated carbocycles. The monoisotopic (exact) mass is 681 g/mol. The third-order valence-corrected chi connectivity index (χ3v) is 7.37. The van der Waals surface area contributed by atoms with E-state index in [4.69, 9.17) is 9.47 Å². The molecule has 0 aliphatic heterocycles. The van der Waals surface area contributed by atoms with Crippen molar-refractivity contribution in [3.8, 4) is 0 Å². The van der Waals surface area contributed by atoms with Gasteiger partial charge < -0.3 is 40.8 Å². The molecule has 0 aromatic heterocycles. The fourth-order valence-corrected chi connectivity index (χ4v) is 4.75. The van der Waals surface area contributed by atoms with Gasteiger partial charge in [0.2, 0.25) is 30.0 Å². The highest BCUT2D eigenvalue weighted by atomic mass is 32.2. The number of methoxy groups -OCH3 is 1. The first-order valence-electron chi connectivity index (χ1n) is 15.7. The lowest BCUT2D eigenvalue weighted by atomic mass is 10.0. The predicted octanol–water partition coefficient (Wildman–Crippen LogP) is 0.331. The van der Waals surface area contributed by atoms with E-state index in [0.717, 1.165) is 5.56 Å². The van der Waals surface area contributed by atoms with E-state index >= 15 is 0 Å². The fourth-order valence-electron chi connectivity index (χ4n) is 4.27. The molecular weight excluding hydrogens is 630 g/mol. The summed E-state index contributed by atoms with van der Waals surface area (Å²) in [6, 6.07) is 6.67. The molecule has 1 aromatic rings. The van der Waals surface area contributed by atoms with Crippen molar-refractivity contribution in [1.82, 2.24) is 26.6 Å². The van der Waals surface area contributed by atoms with Gasteiger partial charge in [-0.3, -0.25) is 28.8 Å². The summed E-state index contributed by atoms with van der Waals surface area (Å²) in [6.45, 7) is 5.36. The molecule has 264 valence electrons. The van der Waals surface area contributed by atoms with Crippen LogP contribution in [0.25, 0.3) is 0 Å². The molecule has 5 amide bonds. The summed E-state index contributed by atoms with van der Waals surface area (Å²) in [5.74, 6) is -1.36. The summed E-state index contributed by atoms with van der Waals surface area (Å²) in [7, 11) is 1.27. The average molecular weight is 682 g/mol. The van der Waals surface area contributed by atoms with Crippen molar-refractivity contribution in [3.05, 3.63) is 35.9 Å². The largest absolute Gasteiger partial charge is 0.469 e. The summed E-state index contributed by atoms with van der Waals surface area (Å²) in [5.41, 5.74) is 0.845. The van der Waals surface area contributed by atoms with Gasteiger partial charge in [-0.05, 0) is 36.3 Å². The van der Waals surface area contributed by atoms with Crippen molar-refractivity contribution >= 4 is 47.8 Å². The number of amides is 5. The van der Waals surface area contributed by atoms with Gasteiger partial charge >= 0.3 is 5.97 Å². The number of esters is 1. The molecule has 0 heterocycles. The number of carbonyl (C=O) groups is 6. The quantitative estimate of drug-likeness (QED) is 0.0518. The van der Waals surface area contributed by atoms with Crippen LogP contribution in [0, 0.1) is 5.92 Å². The normalized spacial score (nSPS) is 12.7. The van der Waals surface area contributed by atoms with Gasteiger partial charge in [-0.2, -0.15) is 11.8 Å². The average Bonchev–Trinajstić information content (AvgIpc) is 3.05. The van der Waals surface area contributed by atoms with Crippen LogP contribution in [0.5, 0.6) is 0 Å². The smallest absolute Gasteiger partial charge is 0.306 e. The van der Waals surface area contributed by atoms with Crippen LogP contribution in [-0.4, -0.2) is 113 Å². The number of carbonyl (C=O) groups excluding carboxylic acids is 6. The molecule has 0 saturated heterocycles. The number of nitrogens with one attached hydrogen (secondary N) is 5. The number of ether oxygens (including phenoxy) is 3. The zero-order valence-electron chi connectivity index (χ0n) is 27.8. The molecule has 0 unspecified atom stereocenters. The minimum absolute atomic E-state index is 0.0180. The second-order valence-electron chi connectivity index (χ2n) is 11.0. The zero-order valence-corrected chi connectivity index (χ0v) is 28.7. The van der Waals surface area contributed by atoms with Crippen molar-refractivity contribution in [2.45, 2.75) is 64.1 Å². The maximum absolute atomic E-state index is 13.5. The predicted molar refractivity (Wildman–Crippen MR) is 178 cm³/mol. The third-order valence-electron chi connectivity index (χ3n) is 6.72. The van der Waals surface area contributed by atoms with Gasteiger partial charge in [0.25, 0.3) is 0 Å². The van der Waals surface area contributed by atoms with Crippen LogP contribution in [-0.2, 0) is 49.4 Å². The van der Waals surface area contributed by atoms with Crippen molar-refractivity contribution in [2.24, 2.45) is 5.92 Å². The van der Waals surface area contributed by atoms with Crippen molar-refractivity contribution < 1.29 is 43.0 Å². The van der Waals surface area contributed by atoms with Gasteiger partial charge in [-0.1, -0.05) is 44.2 Å². The molecule has 5 N–H and O–H groups in total. The van der Waals surface area contributed by atoms with Crippen molar-refractivity contribution in [3.63, 3.8) is 0 Å². The highest BCUT2D eigenvalue weighted by Crippen LogP contribution is 2.09. The molecule has 15 heteroatoms. The lowest BCUT2D eigenvalue weighted by Crippen LogP contribution is -2.57. The Balaban J connectivity index is 2.62. The van der Waals surface area contributed by atoms with Gasteiger partial charge in [-0.25, -0.2) is 0 Å². The summed E-state index contributed by atoms with van der Waals surface area (Å²) < 4.78 is 15.4. The van der Waals surface area contributed by atoms with E-state index in [1.165, 1.54) is 7.11 Å². The summed E-state index contributed by atoms with van der Waals surface area (Å²) in [6.07, 6.45) is 3.42. The first-order valence-corrected chi connectivity index (χ1v) is 17.1. The Morgan fingerprint density at radius 2 is 1.43 bits per heavy atom. The van der Waals surface area contributed by atoms with E-state index in [2.05, 4.69) is 31.3 Å². The Morgan fingerprint density at radius 3 is 2.02 bits per heavy atom. The minimum Gasteiger partial charge on any atom is -0.469 e. The second-order valence-corrected chi connectivity index (χ2v) is 12.0. The van der Waals surface area contributed by atoms with Crippen molar-refractivity contribution in [1.29, 1.82) is 0 Å². The van der Waals surface area contributed by atoms with Gasteiger partial charge in [0, 0.05) is 25.9 Å². The number of benzene rings is 1. The maximum atomic E-state index is 13.5. The van der Waals surface area contributed by atoms with Crippen LogP contribution >= 0.6 is 11.8 Å². The van der Waals surface area contributed by atoms with Crippen molar-refractivity contribution in [2.75, 3.05) is 58.6 Å². The van der Waals surface area contributed by atoms with Gasteiger partial charge in [-0.15, -0.1) is 0 Å². The standard InChI is InChI=1S/C32H51N5O9S/c1-23(2)20-26(36-31(42)25(35-22-38)12-19-47-4)32(43)37-27(21-24-8-6-5-7-9-24)30(41)34-14-16-46-18-17-45-15-13-33-28(39)10-11-29(40)44-3/h5-9,22-23,25-27H,10-21H2,1-4H3,(H,33,39)(H,34,41)(H,35,38)(H,36,42)(H,37,43)/t25-,26-,27-/m0/s1. The number of hydrogen-bond donors (Lipinski definition) is 5. The first kappa shape index (κ1) is 41.3. The highest BCUT2D eigenvalue weighted by Gasteiger charge is 2.29. The number of thioether (sulfide) groups is 1. The Labute approximate surface area is 281 Å². The van der Waals surface area contributed by atoms with Crippen LogP contribution < -0.4 is 26.6 Å². The van der Waals surface area contributed by atoms with E-state index in [-0.39, 0.29) is 64.1 Å². The molecule has 3 atom stereocenters. The highest BCUT2D eigenvalue weighted by molar-refractivity contribution is 7.98. The Morgan fingerprint density at radius 1 is 0.809 bits per heavy atom. The molecule has 47 heavy (non-hydrogen) atoms. The molecule has 0 bridgehead atoms. The number of hydrogen-bond acceptors (Lipinski definition) is 10. The topological polar surface area (TPSA) is 190 Å². The molecule has 0 aliphatic rings. The van der Waals surface area contributed by atoms with E-state index in [1.54, 1.807) is 11.8 Å². The maximum Gasteiger partial charge on any atom is 0.306 e. The molecule has 1 rings (SSSR count). The van der Waals surface area contributed by atoms with Gasteiger partial charge in [0.1, 0.15) is 18.1 Å². The summed E-state index contributed by atoms with van der Waals surface area (Å²) in [4.78, 5) is 73.4. The second kappa shape index (κ2) is 25.4. The number of rotatable bonds is 26. The van der Waals surface area contributed by atoms with E-state index in [1.807, 2.05) is 50.4 Å². The summed E-state index contributed by atoms with van der Waals surface area (Å²) >= 11 is 1.54. The molecule has 1 aromatic carbocycles. The first-order chi connectivity index (χ1) is 22.6. The molecule has 0 spiro atoms. The fraction of sp³-hybridized carbons (Fsp3) is 0.625. The van der Waals surface area contributed by atoms with Crippen LogP contribution in [0.15, 0.2) is 30.3 Å².